The number of hydrogen-bond donors (Lipinski definition) is 0. The van der Waals surface area contributed by atoms with Crippen molar-refractivity contribution in [3.63, 3.8) is 0 Å². The Hall–Kier alpha value is -1.69. The zero-order valence-electron chi connectivity index (χ0n) is 12.3. The molecule has 1 aliphatic rings. The van der Waals surface area contributed by atoms with Gasteiger partial charge in [-0.1, -0.05) is 18.2 Å². The van der Waals surface area contributed by atoms with E-state index in [0.717, 1.165) is 11.3 Å². The van der Waals surface area contributed by atoms with Gasteiger partial charge in [-0.15, -0.1) is 0 Å². The molecule has 0 fully saturated rings. The van der Waals surface area contributed by atoms with Gasteiger partial charge in [-0.2, -0.15) is 0 Å². The van der Waals surface area contributed by atoms with Crippen molar-refractivity contribution in [1.29, 1.82) is 0 Å². The predicted octanol–water partition coefficient (Wildman–Crippen LogP) is 2.10. The van der Waals surface area contributed by atoms with Crippen LogP contribution in [0, 0.1) is 0 Å². The molecule has 5 nitrogen and oxygen atoms in total. The summed E-state index contributed by atoms with van der Waals surface area (Å²) in [4.78, 5) is 11.7. The van der Waals surface area contributed by atoms with Gasteiger partial charge in [0.25, 0.3) is 0 Å². The lowest BCUT2D eigenvalue weighted by atomic mass is 10.0. The SMILES string of the molecule is COCO[C@@H]1C[C@H](OCc2ccc(OC)cc2)C=CC1=O. The van der Waals surface area contributed by atoms with E-state index >= 15 is 0 Å². The first-order chi connectivity index (χ1) is 10.2. The van der Waals surface area contributed by atoms with E-state index in [1.54, 1.807) is 13.2 Å². The molecule has 0 unspecified atom stereocenters. The van der Waals surface area contributed by atoms with Gasteiger partial charge in [0, 0.05) is 13.5 Å². The first-order valence-corrected chi connectivity index (χ1v) is 6.80. The minimum atomic E-state index is -0.490. The minimum Gasteiger partial charge on any atom is -0.497 e. The van der Waals surface area contributed by atoms with Crippen LogP contribution in [0.3, 0.4) is 0 Å². The molecule has 0 aromatic heterocycles. The van der Waals surface area contributed by atoms with E-state index in [9.17, 15) is 4.79 Å². The standard InChI is InChI=1S/C16H20O5/c1-18-11-21-16-9-14(7-8-15(16)17)20-10-12-3-5-13(19-2)6-4-12/h3-8,14,16H,9-11H2,1-2H3/t14-,16-/m1/s1. The Kier molecular flexibility index (Phi) is 5.92. The third kappa shape index (κ3) is 4.67. The first kappa shape index (κ1) is 15.7. The molecule has 0 aliphatic heterocycles. The molecule has 0 saturated heterocycles. The van der Waals surface area contributed by atoms with E-state index in [2.05, 4.69) is 0 Å². The fourth-order valence-electron chi connectivity index (χ4n) is 2.06. The topological polar surface area (TPSA) is 54.0 Å². The van der Waals surface area contributed by atoms with Crippen LogP contribution in [0.4, 0.5) is 0 Å². The van der Waals surface area contributed by atoms with Crippen molar-refractivity contribution >= 4 is 5.78 Å². The summed E-state index contributed by atoms with van der Waals surface area (Å²) in [5.41, 5.74) is 1.05. The van der Waals surface area contributed by atoms with Crippen molar-refractivity contribution < 1.29 is 23.7 Å². The molecule has 2 atom stereocenters. The van der Waals surface area contributed by atoms with Crippen LogP contribution in [0.15, 0.2) is 36.4 Å². The number of methoxy groups -OCH3 is 2. The Morgan fingerprint density at radius 1 is 1.14 bits per heavy atom. The van der Waals surface area contributed by atoms with Crippen LogP contribution in [-0.4, -0.2) is 39.0 Å². The van der Waals surface area contributed by atoms with E-state index in [1.807, 2.05) is 24.3 Å². The quantitative estimate of drug-likeness (QED) is 0.720. The first-order valence-electron chi connectivity index (χ1n) is 6.80. The lowest BCUT2D eigenvalue weighted by Gasteiger charge is -2.23. The molecule has 0 bridgehead atoms. The second kappa shape index (κ2) is 7.93. The number of hydrogen-bond acceptors (Lipinski definition) is 5. The summed E-state index contributed by atoms with van der Waals surface area (Å²) >= 11 is 0. The van der Waals surface area contributed by atoms with Gasteiger partial charge in [0.05, 0.1) is 19.8 Å². The third-order valence-corrected chi connectivity index (χ3v) is 3.25. The molecule has 5 heteroatoms. The Labute approximate surface area is 124 Å². The second-order valence-corrected chi connectivity index (χ2v) is 4.76. The zero-order valence-corrected chi connectivity index (χ0v) is 12.3. The minimum absolute atomic E-state index is 0.0450. The lowest BCUT2D eigenvalue weighted by Crippen LogP contribution is -2.32. The van der Waals surface area contributed by atoms with Crippen LogP contribution in [-0.2, 0) is 25.6 Å². The van der Waals surface area contributed by atoms with Gasteiger partial charge in [0.1, 0.15) is 18.6 Å². The van der Waals surface area contributed by atoms with Gasteiger partial charge in [-0.3, -0.25) is 4.79 Å². The van der Waals surface area contributed by atoms with Gasteiger partial charge in [-0.25, -0.2) is 0 Å². The molecule has 0 N–H and O–H groups in total. The maximum Gasteiger partial charge on any atom is 0.184 e. The van der Waals surface area contributed by atoms with Gasteiger partial charge in [0.2, 0.25) is 0 Å². The summed E-state index contributed by atoms with van der Waals surface area (Å²) in [6.45, 7) is 0.583. The van der Waals surface area contributed by atoms with Gasteiger partial charge in [0.15, 0.2) is 5.78 Å². The van der Waals surface area contributed by atoms with Crippen LogP contribution in [0.5, 0.6) is 5.75 Å². The van der Waals surface area contributed by atoms with E-state index < -0.39 is 6.10 Å². The molecule has 0 radical (unpaired) electrons. The maximum absolute atomic E-state index is 11.7. The highest BCUT2D eigenvalue weighted by Crippen LogP contribution is 2.18. The van der Waals surface area contributed by atoms with Gasteiger partial charge >= 0.3 is 0 Å². The summed E-state index contributed by atoms with van der Waals surface area (Å²) < 4.78 is 21.1. The average Bonchev–Trinajstić information content (AvgIpc) is 2.53. The fraction of sp³-hybridized carbons (Fsp3) is 0.438. The maximum atomic E-state index is 11.7. The Bertz CT molecular complexity index is 480. The van der Waals surface area contributed by atoms with Crippen LogP contribution < -0.4 is 4.74 Å². The molecule has 0 amide bonds. The van der Waals surface area contributed by atoms with E-state index in [0.29, 0.717) is 13.0 Å². The third-order valence-electron chi connectivity index (χ3n) is 3.25. The fourth-order valence-corrected chi connectivity index (χ4v) is 2.06. The molecule has 0 spiro atoms. The number of ether oxygens (including phenoxy) is 4. The number of carbonyl (C=O) groups excluding carboxylic acids is 1. The monoisotopic (exact) mass is 292 g/mol. The normalized spacial score (nSPS) is 21.5. The highest BCUT2D eigenvalue weighted by molar-refractivity contribution is 5.94. The number of benzene rings is 1. The largest absolute Gasteiger partial charge is 0.497 e. The number of carbonyl (C=O) groups is 1. The van der Waals surface area contributed by atoms with Crippen molar-refractivity contribution in [2.75, 3.05) is 21.0 Å². The van der Waals surface area contributed by atoms with Crippen LogP contribution >= 0.6 is 0 Å². The van der Waals surface area contributed by atoms with E-state index in [1.165, 1.54) is 13.2 Å². The lowest BCUT2D eigenvalue weighted by molar-refractivity contribution is -0.140. The molecule has 21 heavy (non-hydrogen) atoms. The Morgan fingerprint density at radius 2 is 1.90 bits per heavy atom. The number of rotatable bonds is 7. The number of ketones is 1. The van der Waals surface area contributed by atoms with Crippen molar-refractivity contribution in [2.24, 2.45) is 0 Å². The summed E-state index contributed by atoms with van der Waals surface area (Å²) in [5.74, 6) is 0.770. The highest BCUT2D eigenvalue weighted by atomic mass is 16.7. The van der Waals surface area contributed by atoms with Crippen molar-refractivity contribution in [2.45, 2.75) is 25.2 Å². The second-order valence-electron chi connectivity index (χ2n) is 4.76. The highest BCUT2D eigenvalue weighted by Gasteiger charge is 2.25. The molecule has 114 valence electrons. The molecule has 1 aromatic carbocycles. The average molecular weight is 292 g/mol. The molecular weight excluding hydrogens is 272 g/mol. The summed E-state index contributed by atoms with van der Waals surface area (Å²) in [5, 5.41) is 0. The zero-order chi connectivity index (χ0) is 15.1. The predicted molar refractivity (Wildman–Crippen MR) is 77.1 cm³/mol. The smallest absolute Gasteiger partial charge is 0.184 e. The summed E-state index contributed by atoms with van der Waals surface area (Å²) in [6, 6.07) is 7.69. The van der Waals surface area contributed by atoms with Crippen molar-refractivity contribution in [3.8, 4) is 5.75 Å². The van der Waals surface area contributed by atoms with Crippen LogP contribution in [0.2, 0.25) is 0 Å². The molecule has 0 saturated carbocycles. The Morgan fingerprint density at radius 3 is 2.57 bits per heavy atom. The molecule has 1 aromatic rings. The van der Waals surface area contributed by atoms with Gasteiger partial charge in [-0.05, 0) is 23.8 Å². The van der Waals surface area contributed by atoms with Gasteiger partial charge < -0.3 is 18.9 Å². The van der Waals surface area contributed by atoms with E-state index in [4.69, 9.17) is 18.9 Å². The summed E-state index contributed by atoms with van der Waals surface area (Å²) in [7, 11) is 3.16. The van der Waals surface area contributed by atoms with Crippen LogP contribution in [0.1, 0.15) is 12.0 Å². The molecule has 2 rings (SSSR count). The van der Waals surface area contributed by atoms with E-state index in [-0.39, 0.29) is 18.7 Å². The molecular formula is C16H20O5. The molecule has 1 aliphatic carbocycles. The summed E-state index contributed by atoms with van der Waals surface area (Å²) in [6.07, 6.45) is 3.18. The molecule has 0 heterocycles. The Balaban J connectivity index is 1.84. The van der Waals surface area contributed by atoms with Crippen molar-refractivity contribution in [1.82, 2.24) is 0 Å². The van der Waals surface area contributed by atoms with Crippen LogP contribution in [0.25, 0.3) is 0 Å². The van der Waals surface area contributed by atoms with Crippen molar-refractivity contribution in [3.05, 3.63) is 42.0 Å².